The molecule has 1 amide bonds. The molecular formula is C17H23N3O2. The summed E-state index contributed by atoms with van der Waals surface area (Å²) in [4.78, 5) is 17.3. The molecule has 1 fully saturated rings. The van der Waals surface area contributed by atoms with Gasteiger partial charge in [0, 0.05) is 36.7 Å². The smallest absolute Gasteiger partial charge is 0.410 e. The van der Waals surface area contributed by atoms with Crippen LogP contribution >= 0.6 is 0 Å². The van der Waals surface area contributed by atoms with Gasteiger partial charge in [0.25, 0.3) is 0 Å². The van der Waals surface area contributed by atoms with Crippen LogP contribution in [0.2, 0.25) is 0 Å². The number of carbonyl (C=O) groups excluding carboxylic acids is 1. The molecule has 0 saturated carbocycles. The van der Waals surface area contributed by atoms with Crippen molar-refractivity contribution in [2.45, 2.75) is 32.4 Å². The summed E-state index contributed by atoms with van der Waals surface area (Å²) in [6, 6.07) is 8.43. The van der Waals surface area contributed by atoms with Crippen LogP contribution in [0, 0.1) is 0 Å². The van der Waals surface area contributed by atoms with Gasteiger partial charge in [0.05, 0.1) is 6.04 Å². The number of hydrogen-bond acceptors (Lipinski definition) is 3. The van der Waals surface area contributed by atoms with E-state index in [1.54, 1.807) is 4.90 Å². The Kier molecular flexibility index (Phi) is 3.83. The van der Waals surface area contributed by atoms with Crippen molar-refractivity contribution >= 4 is 17.0 Å². The second-order valence-electron chi connectivity index (χ2n) is 6.72. The minimum atomic E-state index is -0.460. The maximum atomic E-state index is 12.3. The Balaban J connectivity index is 1.78. The third kappa shape index (κ3) is 3.09. The van der Waals surface area contributed by atoms with Crippen LogP contribution in [0.25, 0.3) is 10.9 Å². The average molecular weight is 301 g/mol. The number of aromatic amines is 1. The van der Waals surface area contributed by atoms with Gasteiger partial charge in [-0.1, -0.05) is 12.1 Å². The van der Waals surface area contributed by atoms with Crippen LogP contribution in [0.1, 0.15) is 32.4 Å². The first-order valence-corrected chi connectivity index (χ1v) is 7.71. The molecule has 0 bridgehead atoms. The Morgan fingerprint density at radius 3 is 2.91 bits per heavy atom. The molecular weight excluding hydrogens is 278 g/mol. The molecule has 2 aromatic rings. The Morgan fingerprint density at radius 1 is 1.32 bits per heavy atom. The number of nitrogens with zero attached hydrogens (tertiary/aromatic N) is 1. The third-order valence-corrected chi connectivity index (χ3v) is 3.83. The number of amides is 1. The number of fused-ring (bicyclic) bond motifs is 1. The van der Waals surface area contributed by atoms with Gasteiger partial charge < -0.3 is 19.9 Å². The monoisotopic (exact) mass is 301 g/mol. The standard InChI is InChI=1S/C17H23N3O2/c1-17(2,3)22-16(21)20-10-9-19-15(11-20)12-5-4-6-14-13(12)7-8-18-14/h4-8,15,18-19H,9-11H2,1-3H3. The van der Waals surface area contributed by atoms with Crippen LogP contribution in [0.4, 0.5) is 4.79 Å². The fraction of sp³-hybridized carbons (Fsp3) is 0.471. The second-order valence-corrected chi connectivity index (χ2v) is 6.72. The maximum Gasteiger partial charge on any atom is 0.410 e. The van der Waals surface area contributed by atoms with Crippen molar-refractivity contribution in [3.8, 4) is 0 Å². The number of hydrogen-bond donors (Lipinski definition) is 2. The Bertz CT molecular complexity index is 672. The molecule has 1 aliphatic heterocycles. The van der Waals surface area contributed by atoms with Crippen LogP contribution in [0.15, 0.2) is 30.5 Å². The van der Waals surface area contributed by atoms with E-state index in [4.69, 9.17) is 4.74 Å². The van der Waals surface area contributed by atoms with Crippen molar-refractivity contribution in [2.24, 2.45) is 0 Å². The van der Waals surface area contributed by atoms with Gasteiger partial charge in [-0.15, -0.1) is 0 Å². The Hall–Kier alpha value is -2.01. The van der Waals surface area contributed by atoms with Crippen molar-refractivity contribution in [2.75, 3.05) is 19.6 Å². The summed E-state index contributed by atoms with van der Waals surface area (Å²) in [7, 11) is 0. The highest BCUT2D eigenvalue weighted by atomic mass is 16.6. The molecule has 2 N–H and O–H groups in total. The molecule has 118 valence electrons. The molecule has 0 spiro atoms. The molecule has 1 saturated heterocycles. The molecule has 0 radical (unpaired) electrons. The summed E-state index contributed by atoms with van der Waals surface area (Å²) in [6.45, 7) is 7.75. The van der Waals surface area contributed by atoms with Crippen LogP contribution in [0.3, 0.4) is 0 Å². The van der Waals surface area contributed by atoms with Crippen molar-refractivity contribution in [3.05, 3.63) is 36.0 Å². The van der Waals surface area contributed by atoms with E-state index in [1.807, 2.05) is 33.0 Å². The van der Waals surface area contributed by atoms with Gasteiger partial charge in [-0.05, 0) is 38.5 Å². The summed E-state index contributed by atoms with van der Waals surface area (Å²) in [5.41, 5.74) is 1.87. The van der Waals surface area contributed by atoms with Crippen molar-refractivity contribution in [1.29, 1.82) is 0 Å². The van der Waals surface area contributed by atoms with E-state index in [0.717, 1.165) is 12.1 Å². The van der Waals surface area contributed by atoms with Gasteiger partial charge in [-0.3, -0.25) is 0 Å². The highest BCUT2D eigenvalue weighted by molar-refractivity contribution is 5.83. The first-order valence-electron chi connectivity index (χ1n) is 7.71. The van der Waals surface area contributed by atoms with E-state index in [2.05, 4.69) is 28.5 Å². The van der Waals surface area contributed by atoms with Gasteiger partial charge in [-0.25, -0.2) is 4.79 Å². The number of piperazine rings is 1. The quantitative estimate of drug-likeness (QED) is 0.851. The zero-order chi connectivity index (χ0) is 15.7. The maximum absolute atomic E-state index is 12.3. The molecule has 5 nitrogen and oxygen atoms in total. The highest BCUT2D eigenvalue weighted by Gasteiger charge is 2.28. The first-order chi connectivity index (χ1) is 10.4. The number of ether oxygens (including phenoxy) is 1. The van der Waals surface area contributed by atoms with E-state index in [-0.39, 0.29) is 12.1 Å². The molecule has 0 aliphatic carbocycles. The number of aromatic nitrogens is 1. The second kappa shape index (κ2) is 5.65. The Morgan fingerprint density at radius 2 is 2.14 bits per heavy atom. The molecule has 1 unspecified atom stereocenters. The molecule has 1 aromatic heterocycles. The predicted molar refractivity (Wildman–Crippen MR) is 86.8 cm³/mol. The van der Waals surface area contributed by atoms with E-state index in [0.29, 0.717) is 13.1 Å². The number of benzene rings is 1. The lowest BCUT2D eigenvalue weighted by Gasteiger charge is -2.35. The summed E-state index contributed by atoms with van der Waals surface area (Å²) >= 11 is 0. The predicted octanol–water partition coefficient (Wildman–Crippen LogP) is 3.05. The minimum Gasteiger partial charge on any atom is -0.444 e. The van der Waals surface area contributed by atoms with Crippen LogP contribution < -0.4 is 5.32 Å². The SMILES string of the molecule is CC(C)(C)OC(=O)N1CCNC(c2cccc3[nH]ccc23)C1. The molecule has 1 atom stereocenters. The van der Waals surface area contributed by atoms with Gasteiger partial charge in [0.15, 0.2) is 0 Å². The number of rotatable bonds is 1. The number of nitrogens with one attached hydrogen (secondary N) is 2. The molecule has 1 aliphatic rings. The minimum absolute atomic E-state index is 0.126. The van der Waals surface area contributed by atoms with Gasteiger partial charge in [-0.2, -0.15) is 0 Å². The van der Waals surface area contributed by atoms with Gasteiger partial charge >= 0.3 is 6.09 Å². The summed E-state index contributed by atoms with van der Waals surface area (Å²) in [5.74, 6) is 0. The topological polar surface area (TPSA) is 57.4 Å². The normalized spacial score (nSPS) is 19.4. The average Bonchev–Trinajstić information content (AvgIpc) is 2.94. The van der Waals surface area contributed by atoms with E-state index in [1.165, 1.54) is 10.9 Å². The third-order valence-electron chi connectivity index (χ3n) is 3.83. The largest absolute Gasteiger partial charge is 0.444 e. The van der Waals surface area contributed by atoms with Crippen LogP contribution in [-0.4, -0.2) is 41.2 Å². The molecule has 3 rings (SSSR count). The van der Waals surface area contributed by atoms with Crippen molar-refractivity contribution < 1.29 is 9.53 Å². The lowest BCUT2D eigenvalue weighted by molar-refractivity contribution is 0.0195. The van der Waals surface area contributed by atoms with Gasteiger partial charge in [0.1, 0.15) is 5.60 Å². The zero-order valence-corrected chi connectivity index (χ0v) is 13.3. The van der Waals surface area contributed by atoms with Crippen LogP contribution in [0.5, 0.6) is 0 Å². The lowest BCUT2D eigenvalue weighted by atomic mass is 10.0. The summed E-state index contributed by atoms with van der Waals surface area (Å²) in [6.07, 6.45) is 1.71. The van der Waals surface area contributed by atoms with Gasteiger partial charge in [0.2, 0.25) is 0 Å². The highest BCUT2D eigenvalue weighted by Crippen LogP contribution is 2.26. The fourth-order valence-electron chi connectivity index (χ4n) is 2.86. The van der Waals surface area contributed by atoms with E-state index in [9.17, 15) is 4.79 Å². The molecule has 5 heteroatoms. The lowest BCUT2D eigenvalue weighted by Crippen LogP contribution is -2.49. The molecule has 1 aromatic carbocycles. The fourth-order valence-corrected chi connectivity index (χ4v) is 2.86. The number of carbonyl (C=O) groups is 1. The van der Waals surface area contributed by atoms with Crippen LogP contribution in [-0.2, 0) is 4.74 Å². The zero-order valence-electron chi connectivity index (χ0n) is 13.3. The number of H-pyrrole nitrogens is 1. The first kappa shape index (κ1) is 14.9. The Labute approximate surface area is 130 Å². The van der Waals surface area contributed by atoms with Crippen molar-refractivity contribution in [1.82, 2.24) is 15.2 Å². The van der Waals surface area contributed by atoms with Crippen molar-refractivity contribution in [3.63, 3.8) is 0 Å². The molecule has 2 heterocycles. The summed E-state index contributed by atoms with van der Waals surface area (Å²) in [5, 5.41) is 4.70. The van der Waals surface area contributed by atoms with E-state index >= 15 is 0 Å². The summed E-state index contributed by atoms with van der Waals surface area (Å²) < 4.78 is 5.49. The molecule has 22 heavy (non-hydrogen) atoms. The van der Waals surface area contributed by atoms with E-state index < -0.39 is 5.60 Å².